The van der Waals surface area contributed by atoms with Crippen LogP contribution in [-0.2, 0) is 6.54 Å². The lowest BCUT2D eigenvalue weighted by Gasteiger charge is -2.36. The van der Waals surface area contributed by atoms with E-state index in [9.17, 15) is 5.11 Å². The lowest BCUT2D eigenvalue weighted by atomic mass is 9.91. The molecule has 1 aromatic heterocycles. The largest absolute Gasteiger partial charge is 0.391 e. The molecule has 0 amide bonds. The number of nitrogens with one attached hydrogen (secondary N) is 1. The molecule has 2 atom stereocenters. The number of hydrogen-bond acceptors (Lipinski definition) is 3. The second kappa shape index (κ2) is 6.16. The predicted molar refractivity (Wildman–Crippen MR) is 85.2 cm³/mol. The molecule has 0 aliphatic heterocycles. The first-order valence-corrected chi connectivity index (χ1v) is 8.04. The molecule has 1 fully saturated rings. The highest BCUT2D eigenvalue weighted by atomic mass is 16.3. The summed E-state index contributed by atoms with van der Waals surface area (Å²) in [7, 11) is 0. The van der Waals surface area contributed by atoms with E-state index in [4.69, 9.17) is 0 Å². The molecule has 0 unspecified atom stereocenters. The summed E-state index contributed by atoms with van der Waals surface area (Å²) in [6.45, 7) is 5.98. The molecule has 0 bridgehead atoms. The number of nitrogens with zero attached hydrogens (tertiary/aromatic N) is 2. The number of aliphatic hydroxyl groups is 1. The Balaban J connectivity index is 1.78. The number of imidazole rings is 1. The third-order valence-corrected chi connectivity index (χ3v) is 4.61. The minimum atomic E-state index is -0.190. The fourth-order valence-electron chi connectivity index (χ4n) is 3.42. The second-order valence-electron chi connectivity index (χ2n) is 6.19. The molecule has 1 saturated carbocycles. The second-order valence-corrected chi connectivity index (χ2v) is 6.19. The number of likely N-dealkylation sites (N-methyl/N-ethyl adjacent to an activating group) is 1. The Hall–Kier alpha value is -1.39. The molecule has 0 spiro atoms. The molecule has 2 aromatic rings. The Morgan fingerprint density at radius 1 is 1.33 bits per heavy atom. The number of H-pyrrole nitrogens is 1. The first-order chi connectivity index (χ1) is 10.2. The molecular weight excluding hydrogens is 262 g/mol. The lowest BCUT2D eigenvalue weighted by molar-refractivity contribution is 0.0173. The van der Waals surface area contributed by atoms with Crippen LogP contribution >= 0.6 is 0 Å². The summed E-state index contributed by atoms with van der Waals surface area (Å²) in [6, 6.07) is 6.57. The average molecular weight is 287 g/mol. The number of benzene rings is 1. The number of aryl methyl sites for hydroxylation is 1. The number of aromatic nitrogens is 2. The number of aromatic amines is 1. The van der Waals surface area contributed by atoms with Gasteiger partial charge in [0.15, 0.2) is 0 Å². The van der Waals surface area contributed by atoms with E-state index in [1.54, 1.807) is 0 Å². The van der Waals surface area contributed by atoms with E-state index in [2.05, 4.69) is 46.9 Å². The van der Waals surface area contributed by atoms with Gasteiger partial charge in [0, 0.05) is 6.04 Å². The van der Waals surface area contributed by atoms with Crippen molar-refractivity contribution >= 4 is 11.0 Å². The van der Waals surface area contributed by atoms with Crippen molar-refractivity contribution in [3.05, 3.63) is 29.6 Å². The fourth-order valence-corrected chi connectivity index (χ4v) is 3.42. The first kappa shape index (κ1) is 14.5. The van der Waals surface area contributed by atoms with Crippen LogP contribution in [0.2, 0.25) is 0 Å². The summed E-state index contributed by atoms with van der Waals surface area (Å²) < 4.78 is 0. The molecule has 4 nitrogen and oxygen atoms in total. The van der Waals surface area contributed by atoms with Crippen LogP contribution in [0.5, 0.6) is 0 Å². The zero-order valence-electron chi connectivity index (χ0n) is 13.0. The van der Waals surface area contributed by atoms with E-state index in [1.807, 2.05) is 0 Å². The van der Waals surface area contributed by atoms with Crippen LogP contribution in [0.1, 0.15) is 44.0 Å². The van der Waals surface area contributed by atoms with Crippen molar-refractivity contribution in [2.24, 2.45) is 0 Å². The van der Waals surface area contributed by atoms with Gasteiger partial charge in [-0.25, -0.2) is 4.98 Å². The molecule has 1 aliphatic carbocycles. The van der Waals surface area contributed by atoms with E-state index in [0.29, 0.717) is 0 Å². The average Bonchev–Trinajstić information content (AvgIpc) is 2.87. The predicted octanol–water partition coefficient (Wildman–Crippen LogP) is 3.00. The van der Waals surface area contributed by atoms with E-state index in [-0.39, 0.29) is 12.1 Å². The van der Waals surface area contributed by atoms with E-state index in [0.717, 1.165) is 49.2 Å². The van der Waals surface area contributed by atoms with Gasteiger partial charge in [-0.15, -0.1) is 0 Å². The molecule has 1 aromatic carbocycles. The van der Waals surface area contributed by atoms with Crippen molar-refractivity contribution in [3.63, 3.8) is 0 Å². The molecule has 1 aliphatic rings. The van der Waals surface area contributed by atoms with E-state index < -0.39 is 0 Å². The molecule has 21 heavy (non-hydrogen) atoms. The van der Waals surface area contributed by atoms with Gasteiger partial charge >= 0.3 is 0 Å². The van der Waals surface area contributed by atoms with Crippen molar-refractivity contribution in [1.82, 2.24) is 14.9 Å². The molecule has 2 N–H and O–H groups in total. The zero-order valence-corrected chi connectivity index (χ0v) is 13.0. The summed E-state index contributed by atoms with van der Waals surface area (Å²) in [4.78, 5) is 10.5. The Morgan fingerprint density at radius 2 is 2.14 bits per heavy atom. The monoisotopic (exact) mass is 287 g/mol. The number of rotatable bonds is 4. The summed E-state index contributed by atoms with van der Waals surface area (Å²) in [5, 5.41) is 10.3. The quantitative estimate of drug-likeness (QED) is 0.909. The normalized spacial score (nSPS) is 23.0. The van der Waals surface area contributed by atoms with Gasteiger partial charge in [-0.05, 0) is 44.0 Å². The highest BCUT2D eigenvalue weighted by Crippen LogP contribution is 2.24. The lowest BCUT2D eigenvalue weighted by Crippen LogP contribution is -2.45. The highest BCUT2D eigenvalue weighted by molar-refractivity contribution is 5.75. The fraction of sp³-hybridized carbons (Fsp3) is 0.588. The van der Waals surface area contributed by atoms with Crippen LogP contribution in [0, 0.1) is 6.92 Å². The number of fused-ring (bicyclic) bond motifs is 1. The Morgan fingerprint density at radius 3 is 2.90 bits per heavy atom. The molecular formula is C17H25N3O. The van der Waals surface area contributed by atoms with Gasteiger partial charge in [0.25, 0.3) is 0 Å². The molecule has 1 heterocycles. The van der Waals surface area contributed by atoms with Crippen molar-refractivity contribution in [3.8, 4) is 0 Å². The molecule has 0 radical (unpaired) electrons. The minimum absolute atomic E-state index is 0.190. The van der Waals surface area contributed by atoms with Crippen molar-refractivity contribution in [2.75, 3.05) is 6.54 Å². The highest BCUT2D eigenvalue weighted by Gasteiger charge is 2.28. The Bertz CT molecular complexity index is 607. The maximum Gasteiger partial charge on any atom is 0.121 e. The summed E-state index contributed by atoms with van der Waals surface area (Å²) in [6.07, 6.45) is 4.20. The van der Waals surface area contributed by atoms with Gasteiger partial charge in [0.05, 0.1) is 23.7 Å². The Kier molecular flexibility index (Phi) is 4.27. The van der Waals surface area contributed by atoms with Crippen LogP contribution in [0.4, 0.5) is 0 Å². The molecule has 114 valence electrons. The summed E-state index contributed by atoms with van der Waals surface area (Å²) in [5.74, 6) is 0.996. The smallest absolute Gasteiger partial charge is 0.121 e. The zero-order chi connectivity index (χ0) is 14.8. The molecule has 3 rings (SSSR count). The summed E-state index contributed by atoms with van der Waals surface area (Å²) in [5.41, 5.74) is 3.37. The third-order valence-electron chi connectivity index (χ3n) is 4.61. The molecule has 0 saturated heterocycles. The van der Waals surface area contributed by atoms with Gasteiger partial charge < -0.3 is 10.1 Å². The van der Waals surface area contributed by atoms with E-state index >= 15 is 0 Å². The maximum absolute atomic E-state index is 10.3. The SMILES string of the molecule is CCN(Cc1nc2ccc(C)cc2[nH]1)[C@@H]1CCCC[C@H]1O. The van der Waals surface area contributed by atoms with E-state index in [1.165, 1.54) is 12.0 Å². The van der Waals surface area contributed by atoms with Gasteiger partial charge in [-0.2, -0.15) is 0 Å². The van der Waals surface area contributed by atoms with Crippen LogP contribution in [0.3, 0.4) is 0 Å². The number of aliphatic hydroxyl groups excluding tert-OH is 1. The first-order valence-electron chi connectivity index (χ1n) is 8.04. The topological polar surface area (TPSA) is 52.2 Å². The standard InChI is InChI=1S/C17H25N3O/c1-3-20(15-6-4-5-7-16(15)21)11-17-18-13-9-8-12(2)10-14(13)19-17/h8-10,15-16,21H,3-7,11H2,1-2H3,(H,18,19)/t15-,16-/m1/s1. The Labute approximate surface area is 126 Å². The third kappa shape index (κ3) is 3.11. The maximum atomic E-state index is 10.3. The van der Waals surface area contributed by atoms with Gasteiger partial charge in [-0.1, -0.05) is 25.8 Å². The summed E-state index contributed by atoms with van der Waals surface area (Å²) >= 11 is 0. The minimum Gasteiger partial charge on any atom is -0.391 e. The van der Waals surface area contributed by atoms with Gasteiger partial charge in [0.2, 0.25) is 0 Å². The van der Waals surface area contributed by atoms with Crippen LogP contribution in [0.15, 0.2) is 18.2 Å². The molecule has 4 heteroatoms. The van der Waals surface area contributed by atoms with Gasteiger partial charge in [0.1, 0.15) is 5.82 Å². The van der Waals surface area contributed by atoms with Crippen molar-refractivity contribution in [2.45, 2.75) is 58.2 Å². The van der Waals surface area contributed by atoms with Crippen molar-refractivity contribution < 1.29 is 5.11 Å². The van der Waals surface area contributed by atoms with Crippen molar-refractivity contribution in [1.29, 1.82) is 0 Å². The number of hydrogen-bond donors (Lipinski definition) is 2. The van der Waals surface area contributed by atoms with Crippen LogP contribution in [-0.4, -0.2) is 38.7 Å². The van der Waals surface area contributed by atoms with Crippen LogP contribution in [0.25, 0.3) is 11.0 Å². The van der Waals surface area contributed by atoms with Crippen LogP contribution < -0.4 is 0 Å². The van der Waals surface area contributed by atoms with Gasteiger partial charge in [-0.3, -0.25) is 4.90 Å².